The average Bonchev–Trinajstić information content (AvgIpc) is 3.43. The van der Waals surface area contributed by atoms with Crippen LogP contribution in [0, 0.1) is 13.8 Å². The topological polar surface area (TPSA) is 75.3 Å². The lowest BCUT2D eigenvalue weighted by Gasteiger charge is -2.39. The summed E-state index contributed by atoms with van der Waals surface area (Å²) in [5.74, 6) is 1.47. The predicted octanol–water partition coefficient (Wildman–Crippen LogP) is 4.39. The molecule has 0 aliphatic carbocycles. The van der Waals surface area contributed by atoms with Crippen molar-refractivity contribution in [1.29, 1.82) is 0 Å². The highest BCUT2D eigenvalue weighted by Crippen LogP contribution is 2.38. The van der Waals surface area contributed by atoms with Crippen molar-refractivity contribution in [2.75, 3.05) is 31.1 Å². The first-order chi connectivity index (χ1) is 15.5. The average molecular weight is 464 g/mol. The molecule has 0 unspecified atom stereocenters. The smallest absolute Gasteiger partial charge is 0.239 e. The molecule has 8 heteroatoms. The number of nitrogens with zero attached hydrogens (tertiary/aromatic N) is 4. The van der Waals surface area contributed by atoms with E-state index in [0.717, 1.165) is 58.5 Å². The van der Waals surface area contributed by atoms with E-state index < -0.39 is 6.04 Å². The first-order valence-electron chi connectivity index (χ1n) is 10.7. The first kappa shape index (κ1) is 21.1. The van der Waals surface area contributed by atoms with Crippen LogP contribution < -0.4 is 10.6 Å². The minimum Gasteiger partial charge on any atom is -0.368 e. The number of rotatable bonds is 5. The Hall–Kier alpha value is -2.81. The second-order valence-electron chi connectivity index (χ2n) is 8.05. The second-order valence-corrected chi connectivity index (χ2v) is 10.2. The van der Waals surface area contributed by atoms with Gasteiger partial charge in [0, 0.05) is 31.1 Å². The number of hydrogen-bond donors (Lipinski definition) is 1. The fraction of sp³-hybridized carbons (Fsp3) is 0.292. The Bertz CT molecular complexity index is 1240. The zero-order valence-electron chi connectivity index (χ0n) is 18.1. The van der Waals surface area contributed by atoms with Crippen LogP contribution in [0.2, 0.25) is 0 Å². The highest BCUT2D eigenvalue weighted by molar-refractivity contribution is 7.19. The molecule has 0 bridgehead atoms. The van der Waals surface area contributed by atoms with Crippen molar-refractivity contribution in [3.63, 3.8) is 0 Å². The molecule has 2 N–H and O–H groups in total. The van der Waals surface area contributed by atoms with Crippen LogP contribution in [0.5, 0.6) is 0 Å². The number of amides is 1. The maximum atomic E-state index is 12.3. The molecule has 1 amide bonds. The van der Waals surface area contributed by atoms with Crippen molar-refractivity contribution in [2.24, 2.45) is 5.73 Å². The molecule has 3 aromatic heterocycles. The second kappa shape index (κ2) is 8.61. The van der Waals surface area contributed by atoms with Gasteiger partial charge in [-0.3, -0.25) is 9.69 Å². The number of aryl methyl sites for hydroxylation is 2. The summed E-state index contributed by atoms with van der Waals surface area (Å²) in [4.78, 5) is 30.1. The number of fused-ring (bicyclic) bond motifs is 1. The van der Waals surface area contributed by atoms with Gasteiger partial charge in [0.2, 0.25) is 5.91 Å². The molecular weight excluding hydrogens is 438 g/mol. The molecule has 1 fully saturated rings. The molecule has 6 nitrogen and oxygen atoms in total. The van der Waals surface area contributed by atoms with Crippen molar-refractivity contribution in [3.05, 3.63) is 63.8 Å². The quantitative estimate of drug-likeness (QED) is 0.475. The third-order valence-electron chi connectivity index (χ3n) is 6.11. The Kier molecular flexibility index (Phi) is 5.67. The monoisotopic (exact) mass is 463 g/mol. The van der Waals surface area contributed by atoms with E-state index in [9.17, 15) is 4.79 Å². The molecule has 4 heterocycles. The van der Waals surface area contributed by atoms with Crippen LogP contribution in [0.15, 0.2) is 47.8 Å². The molecule has 4 aromatic rings. The Morgan fingerprint density at radius 2 is 1.78 bits per heavy atom. The third kappa shape index (κ3) is 3.79. The van der Waals surface area contributed by atoms with Crippen LogP contribution >= 0.6 is 22.7 Å². The van der Waals surface area contributed by atoms with E-state index in [0.29, 0.717) is 0 Å². The number of aromatic nitrogens is 2. The Labute approximate surface area is 195 Å². The standard InChI is InChI=1S/C24H25N5OS2/c1-15-16(2)32-24-19(15)23(26-22(27-24)18-9-6-14-31-18)29-12-10-28(11-13-29)20(21(25)30)17-7-4-3-5-8-17/h3-9,14,20H,10-13H2,1-2H3,(H2,25,30)/t20-/m1/s1. The van der Waals surface area contributed by atoms with E-state index in [-0.39, 0.29) is 5.91 Å². The van der Waals surface area contributed by atoms with E-state index in [1.807, 2.05) is 36.4 Å². The van der Waals surface area contributed by atoms with Gasteiger partial charge in [-0.25, -0.2) is 9.97 Å². The molecular formula is C24H25N5OS2. The Morgan fingerprint density at radius 1 is 1.03 bits per heavy atom. The number of carbonyl (C=O) groups is 1. The third-order valence-corrected chi connectivity index (χ3v) is 8.08. The minimum atomic E-state index is -0.407. The first-order valence-corrected chi connectivity index (χ1v) is 12.4. The fourth-order valence-corrected chi connectivity index (χ4v) is 6.04. The number of hydrogen-bond acceptors (Lipinski definition) is 7. The molecule has 0 saturated carbocycles. The number of nitrogens with two attached hydrogens (primary N) is 1. The summed E-state index contributed by atoms with van der Waals surface area (Å²) in [5.41, 5.74) is 8.00. The lowest BCUT2D eigenvalue weighted by Crippen LogP contribution is -2.50. The maximum absolute atomic E-state index is 12.3. The van der Waals surface area contributed by atoms with Crippen LogP contribution in [0.25, 0.3) is 20.9 Å². The number of thiophene rings is 2. The van der Waals surface area contributed by atoms with E-state index in [2.05, 4.69) is 35.1 Å². The van der Waals surface area contributed by atoms with Crippen molar-refractivity contribution in [3.8, 4) is 10.7 Å². The van der Waals surface area contributed by atoms with Crippen molar-refractivity contribution < 1.29 is 4.79 Å². The fourth-order valence-electron chi connectivity index (χ4n) is 4.36. The van der Waals surface area contributed by atoms with Gasteiger partial charge in [-0.05, 0) is 36.4 Å². The van der Waals surface area contributed by atoms with E-state index >= 15 is 0 Å². The molecule has 164 valence electrons. The van der Waals surface area contributed by atoms with Gasteiger partial charge in [-0.15, -0.1) is 22.7 Å². The number of carbonyl (C=O) groups excluding carboxylic acids is 1. The van der Waals surface area contributed by atoms with Gasteiger partial charge in [0.05, 0.1) is 10.3 Å². The number of primary amides is 1. The van der Waals surface area contributed by atoms with Crippen LogP contribution in [-0.4, -0.2) is 47.0 Å². The molecule has 1 aliphatic heterocycles. The zero-order chi connectivity index (χ0) is 22.2. The van der Waals surface area contributed by atoms with Crippen molar-refractivity contribution >= 4 is 44.6 Å². The largest absolute Gasteiger partial charge is 0.368 e. The Balaban J connectivity index is 1.46. The van der Waals surface area contributed by atoms with E-state index in [4.69, 9.17) is 15.7 Å². The summed E-state index contributed by atoms with van der Waals surface area (Å²) in [6.07, 6.45) is 0. The lowest BCUT2D eigenvalue weighted by atomic mass is 10.0. The van der Waals surface area contributed by atoms with Crippen molar-refractivity contribution in [1.82, 2.24) is 14.9 Å². The highest BCUT2D eigenvalue weighted by Gasteiger charge is 2.30. The van der Waals surface area contributed by atoms with Gasteiger partial charge >= 0.3 is 0 Å². The van der Waals surface area contributed by atoms with Crippen LogP contribution in [-0.2, 0) is 4.79 Å². The molecule has 1 aliphatic rings. The molecule has 1 aromatic carbocycles. The number of anilines is 1. The summed E-state index contributed by atoms with van der Waals surface area (Å²) < 4.78 is 0. The molecule has 32 heavy (non-hydrogen) atoms. The number of piperazine rings is 1. The molecule has 0 radical (unpaired) electrons. The van der Waals surface area contributed by atoms with Crippen LogP contribution in [0.3, 0.4) is 0 Å². The van der Waals surface area contributed by atoms with Gasteiger partial charge in [-0.2, -0.15) is 0 Å². The molecule has 5 rings (SSSR count). The van der Waals surface area contributed by atoms with E-state index in [1.54, 1.807) is 22.7 Å². The molecule has 1 atom stereocenters. The lowest BCUT2D eigenvalue weighted by molar-refractivity contribution is -0.123. The summed E-state index contributed by atoms with van der Waals surface area (Å²) in [6.45, 7) is 7.34. The van der Waals surface area contributed by atoms with E-state index in [1.165, 1.54) is 10.4 Å². The maximum Gasteiger partial charge on any atom is 0.239 e. The summed E-state index contributed by atoms with van der Waals surface area (Å²) in [6, 6.07) is 13.5. The summed E-state index contributed by atoms with van der Waals surface area (Å²) in [7, 11) is 0. The van der Waals surface area contributed by atoms with Crippen molar-refractivity contribution in [2.45, 2.75) is 19.9 Å². The Morgan fingerprint density at radius 3 is 2.44 bits per heavy atom. The van der Waals surface area contributed by atoms with Gasteiger partial charge in [0.15, 0.2) is 5.82 Å². The summed E-state index contributed by atoms with van der Waals surface area (Å²) >= 11 is 3.39. The highest BCUT2D eigenvalue weighted by atomic mass is 32.1. The van der Waals surface area contributed by atoms with Gasteiger partial charge < -0.3 is 10.6 Å². The predicted molar refractivity (Wildman–Crippen MR) is 132 cm³/mol. The van der Waals surface area contributed by atoms with Crippen LogP contribution in [0.1, 0.15) is 22.0 Å². The molecule has 1 saturated heterocycles. The van der Waals surface area contributed by atoms with Gasteiger partial charge in [0.1, 0.15) is 16.7 Å². The minimum absolute atomic E-state index is 0.307. The summed E-state index contributed by atoms with van der Waals surface area (Å²) in [5, 5.41) is 3.20. The zero-order valence-corrected chi connectivity index (χ0v) is 19.7. The molecule has 0 spiro atoms. The van der Waals surface area contributed by atoms with Gasteiger partial charge in [0.25, 0.3) is 0 Å². The normalized spacial score (nSPS) is 15.9. The van der Waals surface area contributed by atoms with Crippen LogP contribution in [0.4, 0.5) is 5.82 Å². The van der Waals surface area contributed by atoms with Gasteiger partial charge in [-0.1, -0.05) is 36.4 Å². The number of benzene rings is 1. The SMILES string of the molecule is Cc1sc2nc(-c3cccs3)nc(N3CCN([C@@H](C(N)=O)c4ccccc4)CC3)c2c1C.